The van der Waals surface area contributed by atoms with E-state index in [1.165, 1.54) is 25.7 Å². The molecule has 4 N–H and O–H groups in total. The molecule has 0 heterocycles. The second-order valence-corrected chi connectivity index (χ2v) is 12.0. The molecule has 0 aromatic heterocycles. The third-order valence-corrected chi connectivity index (χ3v) is 7.72. The molecule has 0 aromatic carbocycles. The zero-order chi connectivity index (χ0) is 30.5. The van der Waals surface area contributed by atoms with Crippen molar-refractivity contribution >= 4 is 11.9 Å². The number of rotatable bonds is 23. The molecule has 0 aliphatic heterocycles. The minimum Gasteiger partial charge on any atom is -0.463 e. The summed E-state index contributed by atoms with van der Waals surface area (Å²) < 4.78 is 10.2. The van der Waals surface area contributed by atoms with Gasteiger partial charge in [-0.1, -0.05) is 103 Å². The number of hydrogen-bond acceptors (Lipinski definition) is 8. The van der Waals surface area contributed by atoms with Crippen LogP contribution in [0.15, 0.2) is 24.3 Å². The molecule has 6 atom stereocenters. The number of carbonyl (C=O) groups is 2. The first-order valence-electron chi connectivity index (χ1n) is 16.0. The zero-order valence-corrected chi connectivity index (χ0v) is 25.8. The predicted molar refractivity (Wildman–Crippen MR) is 161 cm³/mol. The van der Waals surface area contributed by atoms with Gasteiger partial charge in [-0.2, -0.15) is 0 Å². The van der Waals surface area contributed by atoms with Crippen molar-refractivity contribution < 1.29 is 39.5 Å². The lowest BCUT2D eigenvalue weighted by molar-refractivity contribution is -0.151. The fourth-order valence-electron chi connectivity index (χ4n) is 5.18. The lowest BCUT2D eigenvalue weighted by Gasteiger charge is -2.19. The van der Waals surface area contributed by atoms with E-state index in [4.69, 9.17) is 9.47 Å². The molecule has 1 saturated carbocycles. The summed E-state index contributed by atoms with van der Waals surface area (Å²) in [6.45, 7) is 6.13. The van der Waals surface area contributed by atoms with Crippen molar-refractivity contribution in [1.82, 2.24) is 0 Å². The topological polar surface area (TPSA) is 134 Å². The van der Waals surface area contributed by atoms with Gasteiger partial charge in [-0.15, -0.1) is 0 Å². The Labute approximate surface area is 248 Å². The molecule has 1 aliphatic carbocycles. The molecule has 238 valence electrons. The minimum absolute atomic E-state index is 0.00595. The number of carbonyl (C=O) groups excluding carboxylic acids is 2. The van der Waals surface area contributed by atoms with E-state index in [0.717, 1.165) is 44.4 Å². The smallest absolute Gasteiger partial charge is 0.309 e. The first kappa shape index (κ1) is 37.3. The van der Waals surface area contributed by atoms with E-state index in [2.05, 4.69) is 20.8 Å². The Bertz CT molecular complexity index is 750. The molecule has 0 spiro atoms. The van der Waals surface area contributed by atoms with Gasteiger partial charge in [0.25, 0.3) is 0 Å². The Kier molecular flexibility index (Phi) is 20.7. The van der Waals surface area contributed by atoms with Crippen LogP contribution in [0.1, 0.15) is 117 Å². The highest BCUT2D eigenvalue weighted by Gasteiger charge is 2.39. The van der Waals surface area contributed by atoms with E-state index in [-0.39, 0.29) is 43.9 Å². The average Bonchev–Trinajstić information content (AvgIpc) is 3.20. The summed E-state index contributed by atoms with van der Waals surface area (Å²) >= 11 is 0. The van der Waals surface area contributed by atoms with Crippen LogP contribution in [0.4, 0.5) is 0 Å². The Morgan fingerprint density at radius 2 is 1.46 bits per heavy atom. The van der Waals surface area contributed by atoms with Gasteiger partial charge >= 0.3 is 11.9 Å². The number of aliphatic hydroxyl groups excluding tert-OH is 4. The highest BCUT2D eigenvalue weighted by molar-refractivity contribution is 5.71. The summed E-state index contributed by atoms with van der Waals surface area (Å²) in [5, 5.41) is 40.9. The predicted octanol–water partition coefficient (Wildman–Crippen LogP) is 5.40. The van der Waals surface area contributed by atoms with Crippen LogP contribution in [-0.2, 0) is 19.1 Å². The van der Waals surface area contributed by atoms with E-state index in [1.807, 2.05) is 6.08 Å². The Morgan fingerprint density at radius 1 is 0.829 bits per heavy atom. The van der Waals surface area contributed by atoms with Crippen molar-refractivity contribution in [2.24, 2.45) is 17.8 Å². The summed E-state index contributed by atoms with van der Waals surface area (Å²) in [6, 6.07) is 0. The molecule has 0 aromatic rings. The van der Waals surface area contributed by atoms with E-state index in [1.54, 1.807) is 18.2 Å². The van der Waals surface area contributed by atoms with E-state index in [9.17, 15) is 30.0 Å². The van der Waals surface area contributed by atoms with Crippen LogP contribution in [0.3, 0.4) is 0 Å². The van der Waals surface area contributed by atoms with E-state index < -0.39 is 30.4 Å². The summed E-state index contributed by atoms with van der Waals surface area (Å²) in [6.07, 6.45) is 16.7. The van der Waals surface area contributed by atoms with Gasteiger partial charge in [0.2, 0.25) is 0 Å². The van der Waals surface area contributed by atoms with Crippen molar-refractivity contribution in [2.75, 3.05) is 13.2 Å². The van der Waals surface area contributed by atoms with Gasteiger partial charge in [-0.05, 0) is 31.1 Å². The number of aliphatic hydroxyl groups is 4. The molecule has 8 nitrogen and oxygen atoms in total. The van der Waals surface area contributed by atoms with Crippen LogP contribution < -0.4 is 0 Å². The van der Waals surface area contributed by atoms with Crippen LogP contribution in [0.2, 0.25) is 0 Å². The lowest BCUT2D eigenvalue weighted by atomic mass is 9.89. The van der Waals surface area contributed by atoms with Gasteiger partial charge in [0.15, 0.2) is 0 Å². The lowest BCUT2D eigenvalue weighted by Crippen LogP contribution is -2.25. The molecule has 1 rings (SSSR count). The Balaban J connectivity index is 2.21. The van der Waals surface area contributed by atoms with Gasteiger partial charge < -0.3 is 29.9 Å². The quantitative estimate of drug-likeness (QED) is 0.0715. The SMILES string of the molecule is CCCCC[C@@H](O)/C=C/[C@@H]1[C@H](C/C=C\CC(=O)OC[C@@H](O)COC(=O)CCCCCCCCC(C)C)[C@@H](O)C[C@H]1O. The number of hydrogen-bond donors (Lipinski definition) is 4. The van der Waals surface area contributed by atoms with E-state index in [0.29, 0.717) is 19.3 Å². The molecule has 0 bridgehead atoms. The van der Waals surface area contributed by atoms with Gasteiger partial charge in [0.05, 0.1) is 24.7 Å². The third-order valence-electron chi connectivity index (χ3n) is 7.72. The van der Waals surface area contributed by atoms with Gasteiger partial charge in [0.1, 0.15) is 19.3 Å². The molecule has 0 radical (unpaired) electrons. The molecular formula is C33H58O8. The third kappa shape index (κ3) is 18.4. The van der Waals surface area contributed by atoms with Gasteiger partial charge in [-0.25, -0.2) is 0 Å². The van der Waals surface area contributed by atoms with Crippen molar-refractivity contribution in [3.05, 3.63) is 24.3 Å². The monoisotopic (exact) mass is 582 g/mol. The Hall–Kier alpha value is -1.74. The minimum atomic E-state index is -1.08. The van der Waals surface area contributed by atoms with Gasteiger partial charge in [0, 0.05) is 18.8 Å². The van der Waals surface area contributed by atoms with Gasteiger partial charge in [-0.3, -0.25) is 9.59 Å². The molecule has 0 unspecified atom stereocenters. The van der Waals surface area contributed by atoms with Crippen molar-refractivity contribution in [3.8, 4) is 0 Å². The van der Waals surface area contributed by atoms with Crippen molar-refractivity contribution in [1.29, 1.82) is 0 Å². The number of allylic oxidation sites excluding steroid dienone is 1. The number of unbranched alkanes of at least 4 members (excludes halogenated alkanes) is 7. The maximum absolute atomic E-state index is 12.0. The molecule has 0 saturated heterocycles. The largest absolute Gasteiger partial charge is 0.463 e. The normalized spacial score (nSPS) is 22.5. The van der Waals surface area contributed by atoms with Crippen molar-refractivity contribution in [2.45, 2.75) is 141 Å². The summed E-state index contributed by atoms with van der Waals surface area (Å²) in [5.74, 6) is -0.583. The standard InChI is InChI=1S/C33H58O8/c1-4-5-10-16-26(34)20-21-29-28(30(36)22-31(29)37)17-13-14-19-33(39)41-24-27(35)23-40-32(38)18-12-9-7-6-8-11-15-25(2)3/h13-14,20-21,25-31,34-37H,4-12,15-19,22-24H2,1-3H3/b14-13-,21-20+/t26-,27+,28+,29-,30+,31-/m1/s1. The summed E-state index contributed by atoms with van der Waals surface area (Å²) in [5.41, 5.74) is 0. The average molecular weight is 583 g/mol. The second-order valence-electron chi connectivity index (χ2n) is 12.0. The van der Waals surface area contributed by atoms with Crippen LogP contribution in [-0.4, -0.2) is 70.0 Å². The maximum atomic E-state index is 12.0. The maximum Gasteiger partial charge on any atom is 0.309 e. The van der Waals surface area contributed by atoms with Crippen LogP contribution in [0.25, 0.3) is 0 Å². The highest BCUT2D eigenvalue weighted by Crippen LogP contribution is 2.36. The molecule has 41 heavy (non-hydrogen) atoms. The van der Waals surface area contributed by atoms with Crippen LogP contribution in [0.5, 0.6) is 0 Å². The number of ether oxygens (including phenoxy) is 2. The van der Waals surface area contributed by atoms with Crippen LogP contribution >= 0.6 is 0 Å². The fourth-order valence-corrected chi connectivity index (χ4v) is 5.18. The first-order valence-corrected chi connectivity index (χ1v) is 16.0. The second kappa shape index (κ2) is 22.8. The van der Waals surface area contributed by atoms with E-state index >= 15 is 0 Å². The first-order chi connectivity index (χ1) is 19.6. The molecule has 1 aliphatic rings. The highest BCUT2D eigenvalue weighted by atomic mass is 16.6. The zero-order valence-electron chi connectivity index (χ0n) is 25.8. The number of esters is 2. The summed E-state index contributed by atoms with van der Waals surface area (Å²) in [7, 11) is 0. The molecule has 0 amide bonds. The fraction of sp³-hybridized carbons (Fsp3) is 0.818. The van der Waals surface area contributed by atoms with Crippen LogP contribution in [0, 0.1) is 17.8 Å². The Morgan fingerprint density at radius 3 is 2.15 bits per heavy atom. The molecule has 1 fully saturated rings. The molecule has 8 heteroatoms. The molecular weight excluding hydrogens is 524 g/mol. The summed E-state index contributed by atoms with van der Waals surface area (Å²) in [4.78, 5) is 23.9. The van der Waals surface area contributed by atoms with Crippen molar-refractivity contribution in [3.63, 3.8) is 0 Å².